The summed E-state index contributed by atoms with van der Waals surface area (Å²) in [4.78, 5) is 42.5. The third kappa shape index (κ3) is 6.47. The van der Waals surface area contributed by atoms with Gasteiger partial charge in [0.1, 0.15) is 0 Å². The van der Waals surface area contributed by atoms with E-state index in [1.807, 2.05) is 23.6 Å². The molecule has 200 valence electrons. The molecule has 1 spiro atoms. The van der Waals surface area contributed by atoms with Gasteiger partial charge in [-0.2, -0.15) is 13.2 Å². The fraction of sp³-hybridized carbons (Fsp3) is 0.481. The van der Waals surface area contributed by atoms with Crippen molar-refractivity contribution in [2.45, 2.75) is 57.0 Å². The van der Waals surface area contributed by atoms with Gasteiger partial charge in [0.05, 0.1) is 0 Å². The highest BCUT2D eigenvalue weighted by Crippen LogP contribution is 2.52. The molecule has 2 amide bonds. The Hall–Kier alpha value is -3.43. The van der Waals surface area contributed by atoms with Gasteiger partial charge in [0.25, 0.3) is 5.91 Å². The van der Waals surface area contributed by atoms with Crippen molar-refractivity contribution in [1.82, 2.24) is 14.8 Å². The van der Waals surface area contributed by atoms with Gasteiger partial charge in [-0.1, -0.05) is 24.3 Å². The van der Waals surface area contributed by atoms with Crippen molar-refractivity contribution in [3.63, 3.8) is 0 Å². The molecule has 1 aliphatic heterocycles. The number of amides is 2. The maximum Gasteiger partial charge on any atom is 0.490 e. The van der Waals surface area contributed by atoms with Gasteiger partial charge >= 0.3 is 12.1 Å². The second kappa shape index (κ2) is 11.7. The number of carboxylic acids is 1. The van der Waals surface area contributed by atoms with Crippen LogP contribution in [0.3, 0.4) is 0 Å². The number of carboxylic acid groups (broad SMARTS) is 1. The lowest BCUT2D eigenvalue weighted by molar-refractivity contribution is -0.192. The quantitative estimate of drug-likeness (QED) is 0.622. The Morgan fingerprint density at radius 2 is 1.62 bits per heavy atom. The minimum Gasteiger partial charge on any atom is -0.475 e. The number of hydrogen-bond donors (Lipinski definition) is 1. The minimum absolute atomic E-state index is 0.0832. The van der Waals surface area contributed by atoms with Crippen LogP contribution in [0, 0.1) is 0 Å². The fourth-order valence-corrected chi connectivity index (χ4v) is 5.41. The molecule has 4 rings (SSSR count). The zero-order valence-corrected chi connectivity index (χ0v) is 21.0. The third-order valence-corrected chi connectivity index (χ3v) is 7.32. The number of aliphatic carboxylic acids is 1. The number of likely N-dealkylation sites (tertiary alicyclic amines) is 1. The van der Waals surface area contributed by atoms with Crippen LogP contribution in [0.4, 0.5) is 13.2 Å². The maximum absolute atomic E-state index is 12.8. The van der Waals surface area contributed by atoms with Crippen LogP contribution in [-0.2, 0) is 15.0 Å². The molecule has 1 aromatic carbocycles. The predicted octanol–water partition coefficient (Wildman–Crippen LogP) is 4.63. The van der Waals surface area contributed by atoms with E-state index in [1.54, 1.807) is 24.5 Å². The summed E-state index contributed by atoms with van der Waals surface area (Å²) < 4.78 is 31.7. The molecule has 1 fully saturated rings. The predicted molar refractivity (Wildman–Crippen MR) is 131 cm³/mol. The Bertz CT molecular complexity index is 1100. The maximum atomic E-state index is 12.8. The first-order chi connectivity index (χ1) is 17.5. The molecule has 1 aliphatic carbocycles. The molecule has 0 bridgehead atoms. The number of hydrogen-bond acceptors (Lipinski definition) is 4. The lowest BCUT2D eigenvalue weighted by Crippen LogP contribution is -2.44. The molecule has 7 nitrogen and oxygen atoms in total. The lowest BCUT2D eigenvalue weighted by atomic mass is 9.73. The van der Waals surface area contributed by atoms with Crippen molar-refractivity contribution in [3.8, 4) is 0 Å². The summed E-state index contributed by atoms with van der Waals surface area (Å²) in [6.45, 7) is 7.13. The summed E-state index contributed by atoms with van der Waals surface area (Å²) in [5.41, 5.74) is 3.53. The molecule has 37 heavy (non-hydrogen) atoms. The van der Waals surface area contributed by atoms with Gasteiger partial charge in [0, 0.05) is 50.6 Å². The summed E-state index contributed by atoms with van der Waals surface area (Å²) in [6.07, 6.45) is 1.76. The van der Waals surface area contributed by atoms with Crippen LogP contribution in [0.1, 0.15) is 66.9 Å². The van der Waals surface area contributed by atoms with E-state index in [2.05, 4.69) is 29.2 Å². The topological polar surface area (TPSA) is 90.8 Å². The number of rotatable bonds is 5. The Labute approximate surface area is 214 Å². The molecule has 1 aromatic heterocycles. The number of benzene rings is 1. The highest BCUT2D eigenvalue weighted by Gasteiger charge is 2.46. The SMILES string of the molecule is CCN(CC)C(=O)CC1CC2(CCN(C(=O)c3ccncc3)CC2)c2ccccc21.O=C(O)C(F)(F)F. The van der Waals surface area contributed by atoms with Crippen LogP contribution < -0.4 is 0 Å². The average Bonchev–Trinajstić information content (AvgIpc) is 3.18. The smallest absolute Gasteiger partial charge is 0.475 e. The number of carbonyl (C=O) groups excluding carboxylic acids is 2. The monoisotopic (exact) mass is 519 g/mol. The largest absolute Gasteiger partial charge is 0.490 e. The molecule has 1 atom stereocenters. The van der Waals surface area contributed by atoms with Crippen molar-refractivity contribution < 1.29 is 32.7 Å². The Morgan fingerprint density at radius 1 is 1.05 bits per heavy atom. The van der Waals surface area contributed by atoms with Crippen LogP contribution in [0.15, 0.2) is 48.8 Å². The van der Waals surface area contributed by atoms with Crippen molar-refractivity contribution >= 4 is 17.8 Å². The molecule has 10 heteroatoms. The van der Waals surface area contributed by atoms with Gasteiger partial charge in [-0.25, -0.2) is 4.79 Å². The minimum atomic E-state index is -5.08. The van der Waals surface area contributed by atoms with Crippen LogP contribution in [-0.4, -0.2) is 70.0 Å². The van der Waals surface area contributed by atoms with E-state index in [0.717, 1.165) is 45.4 Å². The molecule has 2 aromatic rings. The van der Waals surface area contributed by atoms with E-state index in [9.17, 15) is 22.8 Å². The number of carbonyl (C=O) groups is 3. The molecule has 2 heterocycles. The summed E-state index contributed by atoms with van der Waals surface area (Å²) in [7, 11) is 0. The van der Waals surface area contributed by atoms with Crippen molar-refractivity contribution in [2.24, 2.45) is 0 Å². The van der Waals surface area contributed by atoms with Gasteiger partial charge in [-0.3, -0.25) is 14.6 Å². The molecule has 0 radical (unpaired) electrons. The third-order valence-electron chi connectivity index (χ3n) is 7.32. The number of nitrogens with zero attached hydrogens (tertiary/aromatic N) is 3. The zero-order chi connectivity index (χ0) is 27.2. The van der Waals surface area contributed by atoms with Gasteiger partial charge in [-0.05, 0) is 67.7 Å². The summed E-state index contributed by atoms with van der Waals surface area (Å²) >= 11 is 0. The van der Waals surface area contributed by atoms with Crippen LogP contribution in [0.5, 0.6) is 0 Å². The molecular formula is C27H32F3N3O4. The van der Waals surface area contributed by atoms with E-state index >= 15 is 0 Å². The van der Waals surface area contributed by atoms with E-state index in [1.165, 1.54) is 11.1 Å². The van der Waals surface area contributed by atoms with E-state index < -0.39 is 12.1 Å². The van der Waals surface area contributed by atoms with Gasteiger partial charge in [0.15, 0.2) is 0 Å². The highest BCUT2D eigenvalue weighted by atomic mass is 19.4. The molecule has 1 N–H and O–H groups in total. The average molecular weight is 520 g/mol. The van der Waals surface area contributed by atoms with Gasteiger partial charge in [0.2, 0.25) is 5.91 Å². The van der Waals surface area contributed by atoms with Crippen molar-refractivity contribution in [1.29, 1.82) is 0 Å². The number of pyridine rings is 1. The van der Waals surface area contributed by atoms with Gasteiger partial charge in [-0.15, -0.1) is 0 Å². The molecule has 1 unspecified atom stereocenters. The van der Waals surface area contributed by atoms with E-state index in [-0.39, 0.29) is 23.1 Å². The fourth-order valence-electron chi connectivity index (χ4n) is 5.41. The highest BCUT2D eigenvalue weighted by molar-refractivity contribution is 5.94. The second-order valence-corrected chi connectivity index (χ2v) is 9.37. The van der Waals surface area contributed by atoms with E-state index in [4.69, 9.17) is 9.90 Å². The normalized spacial score (nSPS) is 18.0. The Kier molecular flexibility index (Phi) is 8.94. The first-order valence-corrected chi connectivity index (χ1v) is 12.4. The number of fused-ring (bicyclic) bond motifs is 2. The first kappa shape index (κ1) is 28.1. The first-order valence-electron chi connectivity index (χ1n) is 12.4. The summed E-state index contributed by atoms with van der Waals surface area (Å²) in [6, 6.07) is 12.2. The summed E-state index contributed by atoms with van der Waals surface area (Å²) in [5, 5.41) is 7.12. The molecule has 0 saturated carbocycles. The number of alkyl halides is 3. The second-order valence-electron chi connectivity index (χ2n) is 9.37. The Morgan fingerprint density at radius 3 is 2.16 bits per heavy atom. The molecule has 2 aliphatic rings. The van der Waals surface area contributed by atoms with Crippen LogP contribution in [0.2, 0.25) is 0 Å². The van der Waals surface area contributed by atoms with Crippen molar-refractivity contribution in [3.05, 3.63) is 65.5 Å². The zero-order valence-electron chi connectivity index (χ0n) is 21.0. The number of halogens is 3. The molecular weight excluding hydrogens is 487 g/mol. The molecule has 1 saturated heterocycles. The van der Waals surface area contributed by atoms with Crippen LogP contribution in [0.25, 0.3) is 0 Å². The van der Waals surface area contributed by atoms with E-state index in [0.29, 0.717) is 12.0 Å². The van der Waals surface area contributed by atoms with Gasteiger partial charge < -0.3 is 14.9 Å². The van der Waals surface area contributed by atoms with Crippen molar-refractivity contribution in [2.75, 3.05) is 26.2 Å². The number of aromatic nitrogens is 1. The summed E-state index contributed by atoms with van der Waals surface area (Å²) in [5.74, 6) is -2.14. The van der Waals surface area contributed by atoms with Crippen LogP contribution >= 0.6 is 0 Å². The standard InChI is InChI=1S/C25H31N3O2.C2HF3O2/c1-3-27(4-2)23(29)17-20-18-25(22-8-6-5-7-21(20)22)11-15-28(16-12-25)24(30)19-9-13-26-14-10-19;3-2(4,5)1(6)7/h5-10,13-14,20H,3-4,11-12,15-18H2,1-2H3;(H,6,7). The number of piperidine rings is 1. The lowest BCUT2D eigenvalue weighted by Gasteiger charge is -2.40. The Balaban J connectivity index is 0.000000479.